The molecule has 0 radical (unpaired) electrons. The standard InChI is InChI=1S/C46H48F5N7O9/c1-26(27-8-14-31(47)15-9-27)38(59)52-33-16-10-28(11-17-33)30-13-19-36-53-41(55-57(36)21-30)58(43(63)66-25-65-40(61)37(44(2,3)4)54-42(62)67-45(5,6)7)34-18-12-29(39(60)56-22-32(48)23-56)20-35(34)64-24-46(49,50)51/h8-21,26,32,37H,22-25H2,1-7H3,(H,52,59)(H,54,62)/t26-,37-/m1/s1. The Hall–Kier alpha value is -7.32. The van der Waals surface area contributed by atoms with Crippen molar-refractivity contribution in [3.8, 4) is 16.9 Å². The molecule has 2 N–H and O–H groups in total. The molecule has 0 aliphatic carbocycles. The maximum atomic E-state index is 14.1. The van der Waals surface area contributed by atoms with E-state index in [0.717, 1.165) is 17.0 Å². The number of ether oxygens (including phenoxy) is 4. The molecule has 356 valence electrons. The SMILES string of the molecule is C[C@@H](C(=O)Nc1ccc(-c2ccc3nc(N(C(=O)OCOC(=O)[C@@H](NC(=O)OC(C)(C)C)C(C)(C)C)c4ccc(C(=O)N5CC(F)C5)cc4OCC(F)(F)F)nn3c2)cc1)c1ccc(F)cc1. The molecule has 21 heteroatoms. The predicted octanol–water partition coefficient (Wildman–Crippen LogP) is 8.73. The highest BCUT2D eigenvalue weighted by Crippen LogP contribution is 2.37. The van der Waals surface area contributed by atoms with Crippen LogP contribution in [-0.4, -0.2) is 99.9 Å². The number of halogens is 5. The highest BCUT2D eigenvalue weighted by Gasteiger charge is 2.37. The first-order chi connectivity index (χ1) is 31.3. The Bertz CT molecular complexity index is 2620. The molecule has 6 rings (SSSR count). The van der Waals surface area contributed by atoms with E-state index in [1.807, 2.05) is 0 Å². The summed E-state index contributed by atoms with van der Waals surface area (Å²) < 4.78 is 90.2. The fourth-order valence-corrected chi connectivity index (χ4v) is 6.54. The molecule has 4 amide bonds. The number of carbonyl (C=O) groups excluding carboxylic acids is 5. The lowest BCUT2D eigenvalue weighted by molar-refractivity contribution is -0.157. The number of carbonyl (C=O) groups is 5. The van der Waals surface area contributed by atoms with Gasteiger partial charge in [-0.1, -0.05) is 45.0 Å². The van der Waals surface area contributed by atoms with Crippen LogP contribution >= 0.6 is 0 Å². The normalized spacial score (nSPS) is 14.1. The Labute approximate surface area is 381 Å². The lowest BCUT2D eigenvalue weighted by Gasteiger charge is -2.34. The lowest BCUT2D eigenvalue weighted by atomic mass is 9.87. The van der Waals surface area contributed by atoms with E-state index in [4.69, 9.17) is 18.9 Å². The minimum absolute atomic E-state index is 0.144. The zero-order valence-electron chi connectivity index (χ0n) is 37.4. The number of esters is 1. The number of rotatable bonds is 13. The van der Waals surface area contributed by atoms with Crippen LogP contribution in [0.15, 0.2) is 85.1 Å². The molecule has 3 aromatic carbocycles. The summed E-state index contributed by atoms with van der Waals surface area (Å²) in [4.78, 5) is 72.3. The Kier molecular flexibility index (Phi) is 14.4. The highest BCUT2D eigenvalue weighted by atomic mass is 19.4. The van der Waals surface area contributed by atoms with Crippen LogP contribution in [0.1, 0.15) is 70.3 Å². The zero-order chi connectivity index (χ0) is 49.0. The number of pyridine rings is 1. The third-order valence-electron chi connectivity index (χ3n) is 10.1. The number of hydrogen-bond acceptors (Lipinski definition) is 11. The number of amides is 4. The molecule has 0 spiro atoms. The molecule has 1 aliphatic heterocycles. The van der Waals surface area contributed by atoms with Gasteiger partial charge in [-0.3, -0.25) is 9.59 Å². The minimum atomic E-state index is -4.88. The van der Waals surface area contributed by atoms with Gasteiger partial charge in [0.15, 0.2) is 12.3 Å². The monoisotopic (exact) mass is 937 g/mol. The van der Waals surface area contributed by atoms with Gasteiger partial charge in [0.1, 0.15) is 29.4 Å². The molecule has 0 saturated carbocycles. The van der Waals surface area contributed by atoms with E-state index in [1.165, 1.54) is 40.9 Å². The first kappa shape index (κ1) is 49.1. The molecule has 2 atom stereocenters. The van der Waals surface area contributed by atoms with Crippen molar-refractivity contribution in [2.45, 2.75) is 78.4 Å². The van der Waals surface area contributed by atoms with Crippen LogP contribution in [0.4, 0.5) is 48.9 Å². The molecule has 0 bridgehead atoms. The Morgan fingerprint density at radius 2 is 1.52 bits per heavy atom. The summed E-state index contributed by atoms with van der Waals surface area (Å²) in [6.45, 7) is 8.08. The van der Waals surface area contributed by atoms with Crippen molar-refractivity contribution >= 4 is 52.9 Å². The van der Waals surface area contributed by atoms with E-state index < -0.39 is 96.0 Å². The number of nitrogens with one attached hydrogen (secondary N) is 2. The lowest BCUT2D eigenvalue weighted by Crippen LogP contribution is -2.51. The average Bonchev–Trinajstić information content (AvgIpc) is 3.65. The summed E-state index contributed by atoms with van der Waals surface area (Å²) in [6.07, 6.45) is -6.90. The van der Waals surface area contributed by atoms with Gasteiger partial charge in [-0.25, -0.2) is 32.6 Å². The number of fused-ring (bicyclic) bond motifs is 1. The number of likely N-dealkylation sites (tertiary alicyclic amines) is 1. The number of nitrogens with zero attached hydrogens (tertiary/aromatic N) is 5. The van der Waals surface area contributed by atoms with Gasteiger partial charge < -0.3 is 34.5 Å². The van der Waals surface area contributed by atoms with Gasteiger partial charge in [-0.2, -0.15) is 18.2 Å². The summed E-state index contributed by atoms with van der Waals surface area (Å²) in [7, 11) is 0. The van der Waals surface area contributed by atoms with Crippen molar-refractivity contribution in [1.82, 2.24) is 24.8 Å². The topological polar surface area (TPSA) is 183 Å². The van der Waals surface area contributed by atoms with E-state index in [9.17, 15) is 45.9 Å². The molecule has 2 aromatic heterocycles. The van der Waals surface area contributed by atoms with Gasteiger partial charge in [0, 0.05) is 23.0 Å². The molecular weight excluding hydrogens is 890 g/mol. The number of alkyl halides is 4. The van der Waals surface area contributed by atoms with E-state index in [2.05, 4.69) is 20.7 Å². The molecule has 3 heterocycles. The van der Waals surface area contributed by atoms with Gasteiger partial charge >= 0.3 is 24.3 Å². The maximum Gasteiger partial charge on any atom is 0.424 e. The molecule has 16 nitrogen and oxygen atoms in total. The van der Waals surface area contributed by atoms with Gasteiger partial charge in [0.25, 0.3) is 11.9 Å². The first-order valence-electron chi connectivity index (χ1n) is 20.8. The van der Waals surface area contributed by atoms with Crippen LogP contribution in [0.3, 0.4) is 0 Å². The van der Waals surface area contributed by atoms with Crippen molar-refractivity contribution in [2.75, 3.05) is 36.7 Å². The third-order valence-corrected chi connectivity index (χ3v) is 10.1. The maximum absolute atomic E-state index is 14.1. The van der Waals surface area contributed by atoms with Gasteiger partial charge in [-0.15, -0.1) is 5.10 Å². The summed E-state index contributed by atoms with van der Waals surface area (Å²) in [5.41, 5.74) is 0.0448. The predicted molar refractivity (Wildman–Crippen MR) is 233 cm³/mol. The van der Waals surface area contributed by atoms with E-state index >= 15 is 0 Å². The second-order valence-corrected chi connectivity index (χ2v) is 17.6. The van der Waals surface area contributed by atoms with Crippen molar-refractivity contribution < 1.29 is 64.9 Å². The highest BCUT2D eigenvalue weighted by molar-refractivity contribution is 6.00. The number of benzene rings is 3. The summed E-state index contributed by atoms with van der Waals surface area (Å²) in [6, 6.07) is 17.5. The molecule has 1 saturated heterocycles. The zero-order valence-corrected chi connectivity index (χ0v) is 37.4. The van der Waals surface area contributed by atoms with Gasteiger partial charge in [-0.05, 0) is 98.8 Å². The smallest absolute Gasteiger partial charge is 0.424 e. The van der Waals surface area contributed by atoms with Crippen molar-refractivity contribution in [1.29, 1.82) is 0 Å². The Morgan fingerprint density at radius 1 is 0.866 bits per heavy atom. The molecule has 1 fully saturated rings. The van der Waals surface area contributed by atoms with Gasteiger partial charge in [0.05, 0.1) is 24.7 Å². The van der Waals surface area contributed by atoms with Crippen LogP contribution in [0, 0.1) is 11.2 Å². The molecule has 1 aliphatic rings. The largest absolute Gasteiger partial charge is 0.482 e. The van der Waals surface area contributed by atoms with Crippen LogP contribution in [0.2, 0.25) is 0 Å². The van der Waals surface area contributed by atoms with E-state index in [0.29, 0.717) is 27.3 Å². The van der Waals surface area contributed by atoms with Crippen molar-refractivity contribution in [3.05, 3.63) is 102 Å². The second kappa shape index (κ2) is 19.6. The fraction of sp³-hybridized carbons (Fsp3) is 0.370. The molecule has 5 aromatic rings. The number of hydrogen-bond donors (Lipinski definition) is 2. The van der Waals surface area contributed by atoms with Crippen molar-refractivity contribution in [2.24, 2.45) is 5.41 Å². The Morgan fingerprint density at radius 3 is 2.13 bits per heavy atom. The van der Waals surface area contributed by atoms with Crippen LogP contribution in [-0.2, 0) is 23.8 Å². The van der Waals surface area contributed by atoms with Crippen LogP contribution in [0.5, 0.6) is 5.75 Å². The number of alkyl carbamates (subject to hydrolysis) is 1. The minimum Gasteiger partial charge on any atom is -0.482 e. The van der Waals surface area contributed by atoms with Crippen LogP contribution < -0.4 is 20.3 Å². The summed E-state index contributed by atoms with van der Waals surface area (Å²) in [5.74, 6) is -4.14. The quantitative estimate of drug-likeness (QED) is 0.0654. The summed E-state index contributed by atoms with van der Waals surface area (Å²) >= 11 is 0. The Balaban J connectivity index is 1.29. The van der Waals surface area contributed by atoms with E-state index in [-0.39, 0.29) is 30.2 Å². The first-order valence-corrected chi connectivity index (χ1v) is 20.8. The second-order valence-electron chi connectivity index (χ2n) is 17.6. The summed E-state index contributed by atoms with van der Waals surface area (Å²) in [5, 5.41) is 9.70. The van der Waals surface area contributed by atoms with Gasteiger partial charge in [0.2, 0.25) is 12.7 Å². The molecular formula is C46H48F5N7O9. The third kappa shape index (κ3) is 12.7. The van der Waals surface area contributed by atoms with Crippen molar-refractivity contribution in [3.63, 3.8) is 0 Å². The molecule has 0 unspecified atom stereocenters. The fourth-order valence-electron chi connectivity index (χ4n) is 6.54. The van der Waals surface area contributed by atoms with Crippen LogP contribution in [0.25, 0.3) is 16.8 Å². The van der Waals surface area contributed by atoms with E-state index in [1.54, 1.807) is 85.0 Å². The number of aromatic nitrogens is 3. The number of anilines is 3. The molecule has 67 heavy (non-hydrogen) atoms. The average molecular weight is 938 g/mol.